The predicted octanol–water partition coefficient (Wildman–Crippen LogP) is 3.33. The second kappa shape index (κ2) is 10.5. The molecule has 0 rings (SSSR count). The molecular formula is C13H24O3Si. The van der Waals surface area contributed by atoms with Gasteiger partial charge in [0.25, 0.3) is 0 Å². The molecule has 0 radical (unpaired) electrons. The van der Waals surface area contributed by atoms with Crippen LogP contribution in [0.2, 0.25) is 6.55 Å². The molecule has 0 aliphatic carbocycles. The van der Waals surface area contributed by atoms with Crippen LogP contribution < -0.4 is 0 Å². The zero-order valence-corrected chi connectivity index (χ0v) is 12.3. The molecule has 0 spiro atoms. The molecule has 0 aromatic heterocycles. The summed E-state index contributed by atoms with van der Waals surface area (Å²) in [5, 5.41) is 0. The summed E-state index contributed by atoms with van der Waals surface area (Å²) >= 11 is 0. The van der Waals surface area contributed by atoms with Crippen LogP contribution in [0.25, 0.3) is 0 Å². The molecule has 0 aliphatic rings. The molecule has 0 amide bonds. The van der Waals surface area contributed by atoms with Crippen molar-refractivity contribution in [1.29, 1.82) is 0 Å². The molecule has 0 aromatic rings. The summed E-state index contributed by atoms with van der Waals surface area (Å²) in [5.41, 5.74) is 0. The minimum absolute atomic E-state index is 0.533. The van der Waals surface area contributed by atoms with Gasteiger partial charge in [-0.3, -0.25) is 0 Å². The normalized spacial score (nSPS) is 13.4. The molecule has 0 bridgehead atoms. The summed E-state index contributed by atoms with van der Waals surface area (Å²) in [4.78, 5) is 0. The lowest BCUT2D eigenvalue weighted by Gasteiger charge is -2.24. The van der Waals surface area contributed by atoms with E-state index in [1.807, 2.05) is 63.8 Å². The Labute approximate surface area is 106 Å². The second-order valence-corrected chi connectivity index (χ2v) is 6.09. The van der Waals surface area contributed by atoms with Crippen LogP contribution in [0.4, 0.5) is 0 Å². The van der Waals surface area contributed by atoms with Gasteiger partial charge in [-0.05, 0) is 20.8 Å². The topological polar surface area (TPSA) is 27.7 Å². The first-order valence-corrected chi connectivity index (χ1v) is 8.16. The fourth-order valence-corrected chi connectivity index (χ4v) is 2.46. The monoisotopic (exact) mass is 256 g/mol. The highest BCUT2D eigenvalue weighted by molar-refractivity contribution is 6.59. The molecule has 0 aromatic carbocycles. The number of hydrogen-bond donors (Lipinski definition) is 0. The largest absolute Gasteiger partial charge is 0.498 e. The molecule has 0 unspecified atom stereocenters. The van der Waals surface area contributed by atoms with E-state index in [1.54, 1.807) is 0 Å². The number of hydrogen-bond acceptors (Lipinski definition) is 3. The van der Waals surface area contributed by atoms with Crippen molar-refractivity contribution in [2.24, 2.45) is 0 Å². The van der Waals surface area contributed by atoms with Crippen LogP contribution in [-0.4, -0.2) is 28.6 Å². The third kappa shape index (κ3) is 9.06. The summed E-state index contributed by atoms with van der Waals surface area (Å²) in [7, 11) is -2.51. The standard InChI is InChI=1S/C13H24O3Si/c1-5-8-11-14-17(4,15-12-9-6-2)16-13-10-7-3/h5-10H,11-13H2,1-4H3/b8-5+,9-6+,10-7+. The SMILES string of the molecule is C/C=C/CO[Si](C)(OC/C=C/C)OC/C=C/C. The molecule has 4 heteroatoms. The number of allylic oxidation sites excluding steroid dienone is 3. The molecule has 0 saturated carbocycles. The van der Waals surface area contributed by atoms with E-state index in [-0.39, 0.29) is 0 Å². The van der Waals surface area contributed by atoms with E-state index >= 15 is 0 Å². The van der Waals surface area contributed by atoms with Crippen molar-refractivity contribution in [3.8, 4) is 0 Å². The van der Waals surface area contributed by atoms with Gasteiger partial charge in [-0.1, -0.05) is 36.5 Å². The Balaban J connectivity index is 4.22. The smallest absolute Gasteiger partial charge is 0.370 e. The van der Waals surface area contributed by atoms with Gasteiger partial charge in [-0.15, -0.1) is 0 Å². The van der Waals surface area contributed by atoms with Gasteiger partial charge in [-0.25, -0.2) is 0 Å². The average molecular weight is 256 g/mol. The van der Waals surface area contributed by atoms with E-state index in [1.165, 1.54) is 0 Å². The summed E-state index contributed by atoms with van der Waals surface area (Å²) in [6, 6.07) is 0. The summed E-state index contributed by atoms with van der Waals surface area (Å²) in [5.74, 6) is 0. The van der Waals surface area contributed by atoms with Crippen LogP contribution in [0.15, 0.2) is 36.5 Å². The van der Waals surface area contributed by atoms with Crippen LogP contribution in [-0.2, 0) is 13.3 Å². The lowest BCUT2D eigenvalue weighted by molar-refractivity contribution is 0.0932. The minimum Gasteiger partial charge on any atom is -0.370 e. The fraction of sp³-hybridized carbons (Fsp3) is 0.538. The highest BCUT2D eigenvalue weighted by Gasteiger charge is 2.33. The fourth-order valence-electron chi connectivity index (χ4n) is 1.01. The van der Waals surface area contributed by atoms with Gasteiger partial charge in [0.2, 0.25) is 0 Å². The molecular weight excluding hydrogens is 232 g/mol. The van der Waals surface area contributed by atoms with Crippen molar-refractivity contribution in [3.05, 3.63) is 36.5 Å². The summed E-state index contributed by atoms with van der Waals surface area (Å²) in [6.07, 6.45) is 11.7. The molecule has 17 heavy (non-hydrogen) atoms. The van der Waals surface area contributed by atoms with E-state index in [4.69, 9.17) is 13.3 Å². The maximum atomic E-state index is 5.70. The molecule has 0 aliphatic heterocycles. The van der Waals surface area contributed by atoms with Crippen LogP contribution in [0, 0.1) is 0 Å². The highest BCUT2D eigenvalue weighted by atomic mass is 28.4. The average Bonchev–Trinajstić information content (AvgIpc) is 2.30. The van der Waals surface area contributed by atoms with E-state index in [9.17, 15) is 0 Å². The maximum Gasteiger partial charge on any atom is 0.498 e. The van der Waals surface area contributed by atoms with Crippen molar-refractivity contribution < 1.29 is 13.3 Å². The van der Waals surface area contributed by atoms with Crippen molar-refractivity contribution in [3.63, 3.8) is 0 Å². The Morgan fingerprint density at radius 3 is 1.24 bits per heavy atom. The highest BCUT2D eigenvalue weighted by Crippen LogP contribution is 2.09. The van der Waals surface area contributed by atoms with E-state index < -0.39 is 8.80 Å². The Hall–Kier alpha value is -0.683. The molecule has 0 fully saturated rings. The van der Waals surface area contributed by atoms with Crippen LogP contribution in [0.3, 0.4) is 0 Å². The lowest BCUT2D eigenvalue weighted by Crippen LogP contribution is -2.42. The van der Waals surface area contributed by atoms with Gasteiger partial charge in [0.15, 0.2) is 0 Å². The molecule has 0 heterocycles. The Morgan fingerprint density at radius 2 is 1.00 bits per heavy atom. The third-order valence-electron chi connectivity index (χ3n) is 2.03. The Kier molecular flexibility index (Phi) is 10.0. The minimum atomic E-state index is -2.51. The van der Waals surface area contributed by atoms with Gasteiger partial charge in [0, 0.05) is 6.55 Å². The quantitative estimate of drug-likeness (QED) is 0.468. The van der Waals surface area contributed by atoms with Crippen LogP contribution in [0.1, 0.15) is 20.8 Å². The first kappa shape index (κ1) is 16.3. The van der Waals surface area contributed by atoms with Gasteiger partial charge in [0.05, 0.1) is 19.8 Å². The second-order valence-electron chi connectivity index (χ2n) is 3.50. The lowest BCUT2D eigenvalue weighted by atomic mass is 10.6. The van der Waals surface area contributed by atoms with Crippen molar-refractivity contribution in [1.82, 2.24) is 0 Å². The zero-order valence-electron chi connectivity index (χ0n) is 11.3. The van der Waals surface area contributed by atoms with Crippen molar-refractivity contribution in [2.75, 3.05) is 19.8 Å². The Morgan fingerprint density at radius 1 is 0.706 bits per heavy atom. The third-order valence-corrected chi connectivity index (χ3v) is 4.11. The van der Waals surface area contributed by atoms with Crippen molar-refractivity contribution in [2.45, 2.75) is 27.3 Å². The van der Waals surface area contributed by atoms with E-state index in [0.717, 1.165) is 0 Å². The van der Waals surface area contributed by atoms with Gasteiger partial charge >= 0.3 is 8.80 Å². The van der Waals surface area contributed by atoms with Crippen LogP contribution >= 0.6 is 0 Å². The van der Waals surface area contributed by atoms with E-state index in [2.05, 4.69) is 0 Å². The molecule has 0 atom stereocenters. The maximum absolute atomic E-state index is 5.70. The Bertz CT molecular complexity index is 219. The molecule has 3 nitrogen and oxygen atoms in total. The van der Waals surface area contributed by atoms with Crippen LogP contribution in [0.5, 0.6) is 0 Å². The first-order valence-electron chi connectivity index (χ1n) is 5.94. The predicted molar refractivity (Wildman–Crippen MR) is 73.9 cm³/mol. The van der Waals surface area contributed by atoms with Gasteiger partial charge in [-0.2, -0.15) is 0 Å². The molecule has 0 N–H and O–H groups in total. The van der Waals surface area contributed by atoms with E-state index in [0.29, 0.717) is 19.8 Å². The van der Waals surface area contributed by atoms with Gasteiger partial charge < -0.3 is 13.3 Å². The van der Waals surface area contributed by atoms with Gasteiger partial charge in [0.1, 0.15) is 0 Å². The molecule has 98 valence electrons. The number of rotatable bonds is 9. The van der Waals surface area contributed by atoms with Crippen molar-refractivity contribution >= 4 is 8.80 Å². The zero-order chi connectivity index (χ0) is 13.0. The molecule has 0 saturated heterocycles. The summed E-state index contributed by atoms with van der Waals surface area (Å²) < 4.78 is 17.1. The summed E-state index contributed by atoms with van der Waals surface area (Å²) in [6.45, 7) is 9.40. The first-order chi connectivity index (χ1) is 8.18.